The fourth-order valence-electron chi connectivity index (χ4n) is 3.11. The Hall–Kier alpha value is -3.81. The minimum Gasteiger partial charge on any atom is -0.465 e. The highest BCUT2D eigenvalue weighted by molar-refractivity contribution is 6.04. The molecule has 0 aliphatic rings. The van der Waals surface area contributed by atoms with Gasteiger partial charge in [0.15, 0.2) is 5.69 Å². The van der Waals surface area contributed by atoms with Crippen LogP contribution in [0.4, 0.5) is 11.5 Å². The lowest BCUT2D eigenvalue weighted by molar-refractivity contribution is -0.114. The third-order valence-electron chi connectivity index (χ3n) is 4.80. The number of furan rings is 1. The van der Waals surface area contributed by atoms with Gasteiger partial charge in [0.2, 0.25) is 0 Å². The van der Waals surface area contributed by atoms with Crippen LogP contribution in [-0.2, 0) is 11.3 Å². The maximum Gasteiger partial charge on any atom is 0.330 e. The molecule has 0 aliphatic carbocycles. The van der Waals surface area contributed by atoms with Crippen LogP contribution in [0.1, 0.15) is 31.6 Å². The molecule has 3 rings (SSSR count). The van der Waals surface area contributed by atoms with E-state index in [1.165, 1.54) is 27.9 Å². The topological polar surface area (TPSA) is 114 Å². The second kappa shape index (κ2) is 9.80. The molecule has 3 aromatic rings. The zero-order chi connectivity index (χ0) is 22.4. The number of carbonyl (C=O) groups is 1. The number of anilines is 2. The molecule has 0 saturated heterocycles. The molecule has 0 spiro atoms. The number of carbonyl (C=O) groups excluding carboxylic acids is 1. The van der Waals surface area contributed by atoms with Crippen LogP contribution in [0.2, 0.25) is 0 Å². The van der Waals surface area contributed by atoms with E-state index in [9.17, 15) is 14.4 Å². The number of hydrogen-bond acceptors (Lipinski definition) is 5. The molecule has 0 atom stereocenters. The Bertz CT molecular complexity index is 1160. The van der Waals surface area contributed by atoms with Gasteiger partial charge < -0.3 is 15.1 Å². The van der Waals surface area contributed by atoms with Crippen molar-refractivity contribution in [2.75, 3.05) is 17.2 Å². The van der Waals surface area contributed by atoms with E-state index < -0.39 is 17.2 Å². The second-order valence-electron chi connectivity index (χ2n) is 7.59. The van der Waals surface area contributed by atoms with E-state index in [1.807, 2.05) is 44.2 Å². The summed E-state index contributed by atoms with van der Waals surface area (Å²) in [4.78, 5) is 41.8. The number of nitrogens with zero attached hydrogens (tertiary/aromatic N) is 2. The second-order valence-corrected chi connectivity index (χ2v) is 7.59. The molecule has 2 heterocycles. The molecule has 0 bridgehead atoms. The first-order valence-electron chi connectivity index (χ1n) is 10.1. The number of amides is 1. The van der Waals surface area contributed by atoms with E-state index in [0.29, 0.717) is 18.1 Å². The quantitative estimate of drug-likeness (QED) is 0.542. The SMILES string of the molecule is CC(C)CCN(C(=O)C=Cc1ccco1)c1c(N)n(Cc2ccccc2)c(=O)[nH]c1=O. The van der Waals surface area contributed by atoms with E-state index in [2.05, 4.69) is 4.98 Å². The maximum absolute atomic E-state index is 13.0. The molecule has 0 aliphatic heterocycles. The molecule has 3 N–H and O–H groups in total. The summed E-state index contributed by atoms with van der Waals surface area (Å²) in [5.41, 5.74) is 5.75. The van der Waals surface area contributed by atoms with Crippen LogP contribution in [0.5, 0.6) is 0 Å². The summed E-state index contributed by atoms with van der Waals surface area (Å²) in [6.07, 6.45) is 5.00. The lowest BCUT2D eigenvalue weighted by atomic mass is 10.1. The minimum atomic E-state index is -0.699. The molecule has 0 fully saturated rings. The molecule has 162 valence electrons. The molecule has 0 unspecified atom stereocenters. The highest BCUT2D eigenvalue weighted by atomic mass is 16.3. The van der Waals surface area contributed by atoms with Crippen LogP contribution in [0, 0.1) is 5.92 Å². The molecule has 2 aromatic heterocycles. The number of aromatic amines is 1. The van der Waals surface area contributed by atoms with Crippen molar-refractivity contribution in [2.24, 2.45) is 5.92 Å². The Morgan fingerprint density at radius 1 is 1.19 bits per heavy atom. The summed E-state index contributed by atoms with van der Waals surface area (Å²) in [7, 11) is 0. The third kappa shape index (κ3) is 5.42. The summed E-state index contributed by atoms with van der Waals surface area (Å²) in [5.74, 6) is 0.313. The summed E-state index contributed by atoms with van der Waals surface area (Å²) in [6.45, 7) is 4.48. The average Bonchev–Trinajstić information content (AvgIpc) is 3.26. The van der Waals surface area contributed by atoms with Gasteiger partial charge in [0.05, 0.1) is 12.8 Å². The Kier molecular flexibility index (Phi) is 6.92. The smallest absolute Gasteiger partial charge is 0.330 e. The van der Waals surface area contributed by atoms with Gasteiger partial charge in [-0.25, -0.2) is 4.79 Å². The molecule has 0 radical (unpaired) electrons. The summed E-state index contributed by atoms with van der Waals surface area (Å²) >= 11 is 0. The molecule has 1 aromatic carbocycles. The zero-order valence-corrected chi connectivity index (χ0v) is 17.6. The summed E-state index contributed by atoms with van der Waals surface area (Å²) < 4.78 is 6.48. The fraction of sp³-hybridized carbons (Fsp3) is 0.261. The van der Waals surface area contributed by atoms with E-state index in [4.69, 9.17) is 10.2 Å². The van der Waals surface area contributed by atoms with Crippen LogP contribution in [0.15, 0.2) is 68.8 Å². The highest BCUT2D eigenvalue weighted by Gasteiger charge is 2.23. The highest BCUT2D eigenvalue weighted by Crippen LogP contribution is 2.20. The predicted molar refractivity (Wildman–Crippen MR) is 121 cm³/mol. The summed E-state index contributed by atoms with van der Waals surface area (Å²) in [5, 5.41) is 0. The number of aromatic nitrogens is 2. The van der Waals surface area contributed by atoms with Gasteiger partial charge >= 0.3 is 5.69 Å². The molecule has 8 heteroatoms. The fourth-order valence-corrected chi connectivity index (χ4v) is 3.11. The minimum absolute atomic E-state index is 0.0368. The first-order chi connectivity index (χ1) is 14.9. The molecule has 1 amide bonds. The number of H-pyrrole nitrogens is 1. The van der Waals surface area contributed by atoms with Crippen molar-refractivity contribution in [3.8, 4) is 0 Å². The number of benzene rings is 1. The van der Waals surface area contributed by atoms with Crippen molar-refractivity contribution in [3.05, 3.63) is 87.0 Å². The van der Waals surface area contributed by atoms with E-state index in [0.717, 1.165) is 5.56 Å². The molecular weight excluding hydrogens is 396 g/mol. The van der Waals surface area contributed by atoms with Gasteiger partial charge in [-0.2, -0.15) is 0 Å². The van der Waals surface area contributed by atoms with E-state index in [1.54, 1.807) is 12.1 Å². The van der Waals surface area contributed by atoms with Crippen molar-refractivity contribution >= 4 is 23.5 Å². The van der Waals surface area contributed by atoms with Gasteiger partial charge in [-0.05, 0) is 36.1 Å². The van der Waals surface area contributed by atoms with Gasteiger partial charge in [0.1, 0.15) is 11.6 Å². The number of nitrogens with two attached hydrogens (primary N) is 1. The Morgan fingerprint density at radius 3 is 2.58 bits per heavy atom. The van der Waals surface area contributed by atoms with Gasteiger partial charge in [0.25, 0.3) is 11.5 Å². The van der Waals surface area contributed by atoms with Crippen molar-refractivity contribution in [1.29, 1.82) is 0 Å². The molecular formula is C23H26N4O4. The average molecular weight is 422 g/mol. The van der Waals surface area contributed by atoms with Gasteiger partial charge in [-0.3, -0.25) is 19.1 Å². The van der Waals surface area contributed by atoms with E-state index in [-0.39, 0.29) is 24.6 Å². The zero-order valence-electron chi connectivity index (χ0n) is 17.6. The molecule has 8 nitrogen and oxygen atoms in total. The lowest BCUT2D eigenvalue weighted by Crippen LogP contribution is -2.41. The number of rotatable bonds is 8. The number of hydrogen-bond donors (Lipinski definition) is 2. The van der Waals surface area contributed by atoms with Gasteiger partial charge in [-0.1, -0.05) is 44.2 Å². The first kappa shape index (κ1) is 21.9. The van der Waals surface area contributed by atoms with Crippen molar-refractivity contribution in [1.82, 2.24) is 9.55 Å². The van der Waals surface area contributed by atoms with Gasteiger partial charge in [-0.15, -0.1) is 0 Å². The van der Waals surface area contributed by atoms with Crippen LogP contribution in [-0.4, -0.2) is 22.0 Å². The number of nitrogen functional groups attached to an aromatic ring is 1. The van der Waals surface area contributed by atoms with Crippen LogP contribution in [0.25, 0.3) is 6.08 Å². The Balaban J connectivity index is 2.02. The lowest BCUT2D eigenvalue weighted by Gasteiger charge is -2.24. The van der Waals surface area contributed by atoms with Crippen LogP contribution >= 0.6 is 0 Å². The van der Waals surface area contributed by atoms with Crippen molar-refractivity contribution in [2.45, 2.75) is 26.8 Å². The Labute approximate surface area is 179 Å². The van der Waals surface area contributed by atoms with Crippen molar-refractivity contribution in [3.63, 3.8) is 0 Å². The first-order valence-corrected chi connectivity index (χ1v) is 10.1. The van der Waals surface area contributed by atoms with E-state index >= 15 is 0 Å². The predicted octanol–water partition coefficient (Wildman–Crippen LogP) is 2.85. The number of nitrogens with one attached hydrogen (secondary N) is 1. The molecule has 0 saturated carbocycles. The Morgan fingerprint density at radius 2 is 1.94 bits per heavy atom. The third-order valence-corrected chi connectivity index (χ3v) is 4.80. The largest absolute Gasteiger partial charge is 0.465 e. The maximum atomic E-state index is 13.0. The summed E-state index contributed by atoms with van der Waals surface area (Å²) in [6, 6.07) is 12.7. The van der Waals surface area contributed by atoms with Crippen LogP contribution < -0.4 is 21.9 Å². The standard InChI is InChI=1S/C23H26N4O4/c1-16(2)12-13-26(19(28)11-10-18-9-6-14-31-18)20-21(24)27(23(30)25-22(20)29)15-17-7-4-3-5-8-17/h3-11,14,16H,12-13,15,24H2,1-2H3,(H,25,29,30). The van der Waals surface area contributed by atoms with Gasteiger partial charge in [0, 0.05) is 12.6 Å². The normalized spacial score (nSPS) is 11.3. The van der Waals surface area contributed by atoms with Crippen molar-refractivity contribution < 1.29 is 9.21 Å². The molecule has 31 heavy (non-hydrogen) atoms. The monoisotopic (exact) mass is 422 g/mol. The van der Waals surface area contributed by atoms with Crippen LogP contribution in [0.3, 0.4) is 0 Å².